The molecule has 1 heterocycles. The number of ether oxygens (including phenoxy) is 1. The summed E-state index contributed by atoms with van der Waals surface area (Å²) in [5, 5.41) is 0. The number of halogens is 1. The summed E-state index contributed by atoms with van der Waals surface area (Å²) in [6.45, 7) is 4.30. The van der Waals surface area contributed by atoms with Gasteiger partial charge in [-0.3, -0.25) is 0 Å². The van der Waals surface area contributed by atoms with Gasteiger partial charge < -0.3 is 10.5 Å². The summed E-state index contributed by atoms with van der Waals surface area (Å²) in [5.41, 5.74) is 6.98. The molecule has 2 N–H and O–H groups in total. The lowest BCUT2D eigenvalue weighted by Crippen LogP contribution is -2.02. The molecule has 0 saturated heterocycles. The van der Waals surface area contributed by atoms with E-state index in [2.05, 4.69) is 18.8 Å². The van der Waals surface area contributed by atoms with Crippen molar-refractivity contribution in [3.05, 3.63) is 53.5 Å². The summed E-state index contributed by atoms with van der Waals surface area (Å²) >= 11 is 0. The van der Waals surface area contributed by atoms with Crippen LogP contribution in [0.2, 0.25) is 0 Å². The van der Waals surface area contributed by atoms with Gasteiger partial charge in [-0.1, -0.05) is 26.0 Å². The summed E-state index contributed by atoms with van der Waals surface area (Å²) in [6.07, 6.45) is 1.49. The Morgan fingerprint density at radius 2 is 2.11 bits per heavy atom. The molecule has 0 amide bonds. The molecular formula is C15H17FN2O. The van der Waals surface area contributed by atoms with Gasteiger partial charge in [0.1, 0.15) is 5.75 Å². The lowest BCUT2D eigenvalue weighted by molar-refractivity contribution is 0.418. The van der Waals surface area contributed by atoms with Gasteiger partial charge in [-0.15, -0.1) is 0 Å². The number of benzene rings is 1. The van der Waals surface area contributed by atoms with Crippen molar-refractivity contribution in [1.29, 1.82) is 0 Å². The quantitative estimate of drug-likeness (QED) is 0.913. The van der Waals surface area contributed by atoms with E-state index in [0.717, 1.165) is 5.56 Å². The van der Waals surface area contributed by atoms with Crippen molar-refractivity contribution in [1.82, 2.24) is 4.98 Å². The van der Waals surface area contributed by atoms with Crippen LogP contribution in [-0.2, 0) is 6.54 Å². The van der Waals surface area contributed by atoms with Crippen LogP contribution in [0.25, 0.3) is 0 Å². The molecule has 2 rings (SSSR count). The standard InChI is InChI=1S/C15H17FN2O/c1-10(2)11-4-3-5-13(8-11)19-15-14(16)12(9-17)6-7-18-15/h3-8,10H,9,17H2,1-2H3. The molecule has 2 aromatic rings. The van der Waals surface area contributed by atoms with Gasteiger partial charge in [-0.05, 0) is 29.7 Å². The molecule has 4 heteroatoms. The minimum Gasteiger partial charge on any atom is -0.436 e. The van der Waals surface area contributed by atoms with Crippen molar-refractivity contribution in [3.63, 3.8) is 0 Å². The first-order chi connectivity index (χ1) is 9.11. The highest BCUT2D eigenvalue weighted by molar-refractivity contribution is 5.34. The lowest BCUT2D eigenvalue weighted by Gasteiger charge is -2.10. The van der Waals surface area contributed by atoms with Gasteiger partial charge in [-0.2, -0.15) is 0 Å². The molecule has 0 saturated carbocycles. The van der Waals surface area contributed by atoms with E-state index in [4.69, 9.17) is 10.5 Å². The van der Waals surface area contributed by atoms with Crippen LogP contribution in [0.15, 0.2) is 36.5 Å². The van der Waals surface area contributed by atoms with Gasteiger partial charge in [0.25, 0.3) is 5.88 Å². The van der Waals surface area contributed by atoms with E-state index in [1.165, 1.54) is 6.20 Å². The highest BCUT2D eigenvalue weighted by Crippen LogP contribution is 2.26. The summed E-state index contributed by atoms with van der Waals surface area (Å²) in [4.78, 5) is 3.90. The zero-order chi connectivity index (χ0) is 13.8. The van der Waals surface area contributed by atoms with Gasteiger partial charge in [0, 0.05) is 18.3 Å². The molecule has 0 aliphatic heterocycles. The molecule has 1 aromatic carbocycles. The second-order valence-corrected chi connectivity index (χ2v) is 4.62. The number of hydrogen-bond donors (Lipinski definition) is 1. The molecular weight excluding hydrogens is 243 g/mol. The van der Waals surface area contributed by atoms with Crippen molar-refractivity contribution in [2.45, 2.75) is 26.3 Å². The minimum absolute atomic E-state index is 0.0381. The van der Waals surface area contributed by atoms with Crippen LogP contribution in [-0.4, -0.2) is 4.98 Å². The number of pyridine rings is 1. The van der Waals surface area contributed by atoms with Gasteiger partial charge in [0.15, 0.2) is 5.82 Å². The zero-order valence-corrected chi connectivity index (χ0v) is 11.1. The Balaban J connectivity index is 2.28. The second kappa shape index (κ2) is 5.80. The first-order valence-corrected chi connectivity index (χ1v) is 6.23. The zero-order valence-electron chi connectivity index (χ0n) is 11.1. The molecule has 3 nitrogen and oxygen atoms in total. The largest absolute Gasteiger partial charge is 0.436 e. The van der Waals surface area contributed by atoms with Crippen molar-refractivity contribution in [2.24, 2.45) is 5.73 Å². The maximum atomic E-state index is 14.0. The summed E-state index contributed by atoms with van der Waals surface area (Å²) in [6, 6.07) is 9.11. The molecule has 0 aliphatic rings. The number of nitrogens with two attached hydrogens (primary N) is 1. The molecule has 0 bridgehead atoms. The third kappa shape index (κ3) is 3.09. The minimum atomic E-state index is -0.500. The molecule has 100 valence electrons. The van der Waals surface area contributed by atoms with E-state index in [1.807, 2.05) is 18.2 Å². The van der Waals surface area contributed by atoms with E-state index in [-0.39, 0.29) is 12.4 Å². The van der Waals surface area contributed by atoms with E-state index >= 15 is 0 Å². The Bertz CT molecular complexity index is 570. The third-order valence-electron chi connectivity index (χ3n) is 2.90. The summed E-state index contributed by atoms with van der Waals surface area (Å²) in [5.74, 6) is 0.423. The van der Waals surface area contributed by atoms with Crippen molar-refractivity contribution < 1.29 is 9.13 Å². The smallest absolute Gasteiger partial charge is 0.256 e. The van der Waals surface area contributed by atoms with Crippen LogP contribution >= 0.6 is 0 Å². The highest BCUT2D eigenvalue weighted by Gasteiger charge is 2.11. The maximum absolute atomic E-state index is 14.0. The predicted octanol–water partition coefficient (Wildman–Crippen LogP) is 3.60. The monoisotopic (exact) mass is 260 g/mol. The molecule has 0 atom stereocenters. The summed E-state index contributed by atoms with van der Waals surface area (Å²) < 4.78 is 19.5. The Morgan fingerprint density at radius 3 is 2.79 bits per heavy atom. The van der Waals surface area contributed by atoms with E-state index < -0.39 is 5.82 Å². The van der Waals surface area contributed by atoms with E-state index in [0.29, 0.717) is 17.2 Å². The first-order valence-electron chi connectivity index (χ1n) is 6.23. The number of rotatable bonds is 4. The molecule has 0 spiro atoms. The predicted molar refractivity (Wildman–Crippen MR) is 72.7 cm³/mol. The Morgan fingerprint density at radius 1 is 1.32 bits per heavy atom. The van der Waals surface area contributed by atoms with Crippen molar-refractivity contribution >= 4 is 0 Å². The average molecular weight is 260 g/mol. The molecule has 0 aliphatic carbocycles. The average Bonchev–Trinajstić information content (AvgIpc) is 2.41. The highest BCUT2D eigenvalue weighted by atomic mass is 19.1. The molecule has 0 radical (unpaired) electrons. The fourth-order valence-electron chi connectivity index (χ4n) is 1.74. The number of aromatic nitrogens is 1. The fourth-order valence-corrected chi connectivity index (χ4v) is 1.74. The van der Waals surface area contributed by atoms with Gasteiger partial charge in [0.2, 0.25) is 0 Å². The van der Waals surface area contributed by atoms with Gasteiger partial charge in [0.05, 0.1) is 0 Å². The number of hydrogen-bond acceptors (Lipinski definition) is 3. The summed E-state index contributed by atoms with van der Waals surface area (Å²) in [7, 11) is 0. The maximum Gasteiger partial charge on any atom is 0.256 e. The van der Waals surface area contributed by atoms with Crippen LogP contribution in [0.3, 0.4) is 0 Å². The van der Waals surface area contributed by atoms with Crippen LogP contribution in [0.4, 0.5) is 4.39 Å². The molecule has 1 aromatic heterocycles. The SMILES string of the molecule is CC(C)c1cccc(Oc2nccc(CN)c2F)c1. The first kappa shape index (κ1) is 13.5. The normalized spacial score (nSPS) is 10.8. The molecule has 19 heavy (non-hydrogen) atoms. The topological polar surface area (TPSA) is 48.1 Å². The van der Waals surface area contributed by atoms with Crippen LogP contribution < -0.4 is 10.5 Å². The van der Waals surface area contributed by atoms with Crippen molar-refractivity contribution in [3.8, 4) is 11.6 Å². The molecule has 0 fully saturated rings. The second-order valence-electron chi connectivity index (χ2n) is 4.62. The lowest BCUT2D eigenvalue weighted by atomic mass is 10.0. The Kier molecular flexibility index (Phi) is 4.12. The van der Waals surface area contributed by atoms with Crippen LogP contribution in [0, 0.1) is 5.82 Å². The van der Waals surface area contributed by atoms with Crippen molar-refractivity contribution in [2.75, 3.05) is 0 Å². The van der Waals surface area contributed by atoms with E-state index in [1.54, 1.807) is 12.1 Å². The Labute approximate surface area is 112 Å². The fraction of sp³-hybridized carbons (Fsp3) is 0.267. The van der Waals surface area contributed by atoms with Gasteiger partial charge in [-0.25, -0.2) is 9.37 Å². The van der Waals surface area contributed by atoms with E-state index in [9.17, 15) is 4.39 Å². The van der Waals surface area contributed by atoms with Gasteiger partial charge >= 0.3 is 0 Å². The molecule has 0 unspecified atom stereocenters. The van der Waals surface area contributed by atoms with Crippen LogP contribution in [0.5, 0.6) is 11.6 Å². The Hall–Kier alpha value is -1.94. The number of nitrogens with zero attached hydrogens (tertiary/aromatic N) is 1. The van der Waals surface area contributed by atoms with Crippen LogP contribution in [0.1, 0.15) is 30.9 Å². The third-order valence-corrected chi connectivity index (χ3v) is 2.90.